The molecule has 0 radical (unpaired) electrons. The molecule has 0 bridgehead atoms. The second-order valence-corrected chi connectivity index (χ2v) is 4.67. The average molecular weight is 220 g/mol. The van der Waals surface area contributed by atoms with Crippen LogP contribution in [0.15, 0.2) is 30.3 Å². The van der Waals surface area contributed by atoms with E-state index in [-0.39, 0.29) is 0 Å². The van der Waals surface area contributed by atoms with E-state index in [1.165, 1.54) is 12.0 Å². The quantitative estimate of drug-likeness (QED) is 0.710. The first-order valence-electron chi connectivity index (χ1n) is 6.10. The first-order valence-corrected chi connectivity index (χ1v) is 6.10. The van der Waals surface area contributed by atoms with Crippen molar-refractivity contribution in [1.29, 1.82) is 0 Å². The second kappa shape index (κ2) is 7.42. The van der Waals surface area contributed by atoms with Gasteiger partial charge in [-0.25, -0.2) is 0 Å². The molecule has 1 unspecified atom stereocenters. The Morgan fingerprint density at radius 2 is 1.88 bits per heavy atom. The minimum atomic E-state index is 0.598. The first-order chi connectivity index (χ1) is 7.70. The Kier molecular flexibility index (Phi) is 6.12. The molecule has 0 aliphatic carbocycles. The van der Waals surface area contributed by atoms with Crippen LogP contribution in [0, 0.1) is 0 Å². The van der Waals surface area contributed by atoms with Crippen molar-refractivity contribution in [2.24, 2.45) is 0 Å². The molecule has 1 N–H and O–H groups in total. The van der Waals surface area contributed by atoms with Crippen LogP contribution in [0.4, 0.5) is 0 Å². The van der Waals surface area contributed by atoms with Crippen LogP contribution in [0.1, 0.15) is 24.8 Å². The predicted octanol–water partition coefficient (Wildman–Crippen LogP) is 2.33. The van der Waals surface area contributed by atoms with Gasteiger partial charge in [-0.2, -0.15) is 0 Å². The minimum Gasteiger partial charge on any atom is -0.316 e. The standard InChI is InChI=1S/C14H24N2/c1-13(14-8-5-4-6-9-14)12-15-10-7-11-16(2)3/h4-6,8-9,13,15H,7,10-12H2,1-3H3. The zero-order valence-electron chi connectivity index (χ0n) is 10.7. The Bertz CT molecular complexity index is 269. The molecule has 2 heteroatoms. The van der Waals surface area contributed by atoms with Gasteiger partial charge in [-0.15, -0.1) is 0 Å². The average Bonchev–Trinajstić information content (AvgIpc) is 2.29. The molecule has 0 amide bonds. The van der Waals surface area contributed by atoms with E-state index in [1.807, 2.05) is 0 Å². The fourth-order valence-corrected chi connectivity index (χ4v) is 1.74. The van der Waals surface area contributed by atoms with E-state index in [2.05, 4.69) is 61.6 Å². The van der Waals surface area contributed by atoms with Crippen LogP contribution in [0.3, 0.4) is 0 Å². The summed E-state index contributed by atoms with van der Waals surface area (Å²) in [6.07, 6.45) is 1.22. The largest absolute Gasteiger partial charge is 0.316 e. The maximum absolute atomic E-state index is 3.51. The summed E-state index contributed by atoms with van der Waals surface area (Å²) in [4.78, 5) is 2.22. The fourth-order valence-electron chi connectivity index (χ4n) is 1.74. The number of benzene rings is 1. The monoisotopic (exact) mass is 220 g/mol. The number of rotatable bonds is 7. The van der Waals surface area contributed by atoms with Crippen LogP contribution in [0.2, 0.25) is 0 Å². The summed E-state index contributed by atoms with van der Waals surface area (Å²) in [5.41, 5.74) is 1.42. The lowest BCUT2D eigenvalue weighted by molar-refractivity contribution is 0.393. The first kappa shape index (κ1) is 13.2. The van der Waals surface area contributed by atoms with Crippen LogP contribution in [0.5, 0.6) is 0 Å². The van der Waals surface area contributed by atoms with Crippen molar-refractivity contribution in [3.8, 4) is 0 Å². The number of hydrogen-bond acceptors (Lipinski definition) is 2. The van der Waals surface area contributed by atoms with Crippen molar-refractivity contribution >= 4 is 0 Å². The van der Waals surface area contributed by atoms with Gasteiger partial charge in [0.1, 0.15) is 0 Å². The molecule has 1 aromatic carbocycles. The molecule has 90 valence electrons. The van der Waals surface area contributed by atoms with Crippen molar-refractivity contribution in [2.45, 2.75) is 19.3 Å². The van der Waals surface area contributed by atoms with E-state index in [0.717, 1.165) is 19.6 Å². The Labute approximate surface area is 99.7 Å². The topological polar surface area (TPSA) is 15.3 Å². The van der Waals surface area contributed by atoms with Gasteiger partial charge >= 0.3 is 0 Å². The summed E-state index contributed by atoms with van der Waals surface area (Å²) in [5.74, 6) is 0.598. The van der Waals surface area contributed by atoms with Crippen LogP contribution >= 0.6 is 0 Å². The predicted molar refractivity (Wildman–Crippen MR) is 70.9 cm³/mol. The Morgan fingerprint density at radius 3 is 2.50 bits per heavy atom. The fraction of sp³-hybridized carbons (Fsp3) is 0.571. The van der Waals surface area contributed by atoms with Crippen molar-refractivity contribution in [3.05, 3.63) is 35.9 Å². The van der Waals surface area contributed by atoms with Crippen LogP contribution in [-0.2, 0) is 0 Å². The van der Waals surface area contributed by atoms with Gasteiger partial charge in [-0.05, 0) is 45.1 Å². The lowest BCUT2D eigenvalue weighted by Crippen LogP contribution is -2.24. The van der Waals surface area contributed by atoms with Crippen LogP contribution in [0.25, 0.3) is 0 Å². The highest BCUT2D eigenvalue weighted by Gasteiger charge is 2.03. The van der Waals surface area contributed by atoms with E-state index < -0.39 is 0 Å². The van der Waals surface area contributed by atoms with E-state index in [9.17, 15) is 0 Å². The Hall–Kier alpha value is -0.860. The van der Waals surface area contributed by atoms with E-state index in [4.69, 9.17) is 0 Å². The van der Waals surface area contributed by atoms with E-state index in [0.29, 0.717) is 5.92 Å². The lowest BCUT2D eigenvalue weighted by atomic mass is 10.0. The van der Waals surface area contributed by atoms with E-state index >= 15 is 0 Å². The number of hydrogen-bond donors (Lipinski definition) is 1. The molecule has 0 aliphatic rings. The normalized spacial score (nSPS) is 13.0. The molecular formula is C14H24N2. The van der Waals surface area contributed by atoms with Gasteiger partial charge in [0, 0.05) is 6.54 Å². The molecule has 0 saturated heterocycles. The smallest absolute Gasteiger partial charge is 0.00174 e. The summed E-state index contributed by atoms with van der Waals surface area (Å²) < 4.78 is 0. The zero-order valence-corrected chi connectivity index (χ0v) is 10.7. The van der Waals surface area contributed by atoms with Gasteiger partial charge in [0.25, 0.3) is 0 Å². The van der Waals surface area contributed by atoms with Gasteiger partial charge < -0.3 is 10.2 Å². The maximum Gasteiger partial charge on any atom is 0.00174 e. The molecule has 1 atom stereocenters. The van der Waals surface area contributed by atoms with Gasteiger partial charge in [0.05, 0.1) is 0 Å². The molecule has 1 rings (SSSR count). The highest BCUT2D eigenvalue weighted by Crippen LogP contribution is 2.12. The molecule has 0 aliphatic heterocycles. The van der Waals surface area contributed by atoms with E-state index in [1.54, 1.807) is 0 Å². The number of nitrogens with zero attached hydrogens (tertiary/aromatic N) is 1. The van der Waals surface area contributed by atoms with Crippen molar-refractivity contribution in [3.63, 3.8) is 0 Å². The SMILES string of the molecule is CC(CNCCCN(C)C)c1ccccc1. The molecule has 0 heterocycles. The molecule has 0 aromatic heterocycles. The molecule has 0 saturated carbocycles. The molecule has 0 fully saturated rings. The lowest BCUT2D eigenvalue weighted by Gasteiger charge is -2.14. The van der Waals surface area contributed by atoms with Crippen LogP contribution in [-0.4, -0.2) is 38.6 Å². The van der Waals surface area contributed by atoms with Gasteiger partial charge in [0.2, 0.25) is 0 Å². The van der Waals surface area contributed by atoms with Gasteiger partial charge in [-0.1, -0.05) is 37.3 Å². The van der Waals surface area contributed by atoms with Crippen molar-refractivity contribution < 1.29 is 0 Å². The third-order valence-corrected chi connectivity index (χ3v) is 2.78. The third kappa shape index (κ3) is 5.29. The second-order valence-electron chi connectivity index (χ2n) is 4.67. The van der Waals surface area contributed by atoms with Gasteiger partial charge in [0.15, 0.2) is 0 Å². The summed E-state index contributed by atoms with van der Waals surface area (Å²) in [5, 5.41) is 3.51. The summed E-state index contributed by atoms with van der Waals surface area (Å²) in [6.45, 7) is 5.60. The highest BCUT2D eigenvalue weighted by atomic mass is 15.0. The van der Waals surface area contributed by atoms with Crippen molar-refractivity contribution in [2.75, 3.05) is 33.7 Å². The highest BCUT2D eigenvalue weighted by molar-refractivity contribution is 5.18. The summed E-state index contributed by atoms with van der Waals surface area (Å²) >= 11 is 0. The molecular weight excluding hydrogens is 196 g/mol. The summed E-state index contributed by atoms with van der Waals surface area (Å²) in [6, 6.07) is 10.7. The van der Waals surface area contributed by atoms with Gasteiger partial charge in [-0.3, -0.25) is 0 Å². The summed E-state index contributed by atoms with van der Waals surface area (Å²) in [7, 11) is 4.24. The third-order valence-electron chi connectivity index (χ3n) is 2.78. The maximum atomic E-state index is 3.51. The Balaban J connectivity index is 2.14. The molecule has 1 aromatic rings. The zero-order chi connectivity index (χ0) is 11.8. The van der Waals surface area contributed by atoms with Crippen molar-refractivity contribution in [1.82, 2.24) is 10.2 Å². The molecule has 16 heavy (non-hydrogen) atoms. The Morgan fingerprint density at radius 1 is 1.19 bits per heavy atom. The number of nitrogens with one attached hydrogen (secondary N) is 1. The minimum absolute atomic E-state index is 0.598. The molecule has 2 nitrogen and oxygen atoms in total. The molecule has 0 spiro atoms. The van der Waals surface area contributed by atoms with Crippen LogP contribution < -0.4 is 5.32 Å².